The standard InChI is InChI=1S/C20H24ClNO2/c1-23-20-12-16(13-22-18-4-2-3-5-18)8-11-19(20)24-14-15-6-9-17(21)10-7-15/h6-12,18,22H,2-5,13-14H2,1H3. The van der Waals surface area contributed by atoms with Gasteiger partial charge in [0.25, 0.3) is 0 Å². The molecule has 2 aromatic carbocycles. The van der Waals surface area contributed by atoms with Crippen LogP contribution >= 0.6 is 11.6 Å². The van der Waals surface area contributed by atoms with E-state index in [0.29, 0.717) is 12.6 Å². The molecule has 0 bridgehead atoms. The maximum atomic E-state index is 5.90. The van der Waals surface area contributed by atoms with Crippen molar-refractivity contribution in [1.82, 2.24) is 5.32 Å². The van der Waals surface area contributed by atoms with Gasteiger partial charge in [-0.15, -0.1) is 0 Å². The van der Waals surface area contributed by atoms with E-state index in [-0.39, 0.29) is 0 Å². The SMILES string of the molecule is COc1cc(CNC2CCCC2)ccc1OCc1ccc(Cl)cc1. The highest BCUT2D eigenvalue weighted by Gasteiger charge is 2.14. The molecule has 128 valence electrons. The van der Waals surface area contributed by atoms with Crippen molar-refractivity contribution in [3.05, 3.63) is 58.6 Å². The van der Waals surface area contributed by atoms with E-state index in [2.05, 4.69) is 17.4 Å². The maximum absolute atomic E-state index is 5.90. The van der Waals surface area contributed by atoms with Crippen molar-refractivity contribution in [3.63, 3.8) is 0 Å². The zero-order valence-electron chi connectivity index (χ0n) is 14.1. The zero-order valence-corrected chi connectivity index (χ0v) is 14.8. The molecule has 0 aromatic heterocycles. The number of methoxy groups -OCH3 is 1. The lowest BCUT2D eigenvalue weighted by Gasteiger charge is -2.15. The van der Waals surface area contributed by atoms with Crippen LogP contribution in [-0.2, 0) is 13.2 Å². The van der Waals surface area contributed by atoms with Crippen molar-refractivity contribution >= 4 is 11.6 Å². The van der Waals surface area contributed by atoms with Crippen molar-refractivity contribution in [3.8, 4) is 11.5 Å². The van der Waals surface area contributed by atoms with Crippen LogP contribution in [0.15, 0.2) is 42.5 Å². The predicted octanol–water partition coefficient (Wildman–Crippen LogP) is 4.96. The first kappa shape index (κ1) is 17.1. The quantitative estimate of drug-likeness (QED) is 0.769. The summed E-state index contributed by atoms with van der Waals surface area (Å²) in [6.07, 6.45) is 5.27. The lowest BCUT2D eigenvalue weighted by molar-refractivity contribution is 0.284. The summed E-state index contributed by atoms with van der Waals surface area (Å²) in [5.74, 6) is 1.53. The molecule has 0 spiro atoms. The summed E-state index contributed by atoms with van der Waals surface area (Å²) < 4.78 is 11.4. The third-order valence-electron chi connectivity index (χ3n) is 4.49. The molecule has 3 nitrogen and oxygen atoms in total. The van der Waals surface area contributed by atoms with E-state index in [1.807, 2.05) is 30.3 Å². The fraction of sp³-hybridized carbons (Fsp3) is 0.400. The minimum absolute atomic E-state index is 0.493. The van der Waals surface area contributed by atoms with Gasteiger partial charge in [-0.2, -0.15) is 0 Å². The van der Waals surface area contributed by atoms with Crippen molar-refractivity contribution in [2.45, 2.75) is 44.9 Å². The summed E-state index contributed by atoms with van der Waals surface area (Å²) in [6.45, 7) is 1.37. The molecule has 1 saturated carbocycles. The summed E-state index contributed by atoms with van der Waals surface area (Å²) in [5.41, 5.74) is 2.30. The van der Waals surface area contributed by atoms with Crippen LogP contribution in [0.25, 0.3) is 0 Å². The Kier molecular flexibility index (Phi) is 6.00. The molecule has 24 heavy (non-hydrogen) atoms. The van der Waals surface area contributed by atoms with E-state index in [1.54, 1.807) is 7.11 Å². The van der Waals surface area contributed by atoms with Crippen molar-refractivity contribution in [2.75, 3.05) is 7.11 Å². The third kappa shape index (κ3) is 4.65. The van der Waals surface area contributed by atoms with E-state index in [4.69, 9.17) is 21.1 Å². The highest BCUT2D eigenvalue weighted by Crippen LogP contribution is 2.29. The largest absolute Gasteiger partial charge is 0.493 e. The Hall–Kier alpha value is -1.71. The van der Waals surface area contributed by atoms with E-state index < -0.39 is 0 Å². The van der Waals surface area contributed by atoms with Gasteiger partial charge in [0.05, 0.1) is 7.11 Å². The van der Waals surface area contributed by atoms with Crippen LogP contribution < -0.4 is 14.8 Å². The molecule has 0 saturated heterocycles. The Labute approximate surface area is 148 Å². The normalized spacial score (nSPS) is 14.8. The van der Waals surface area contributed by atoms with E-state index >= 15 is 0 Å². The van der Waals surface area contributed by atoms with Gasteiger partial charge in [-0.3, -0.25) is 0 Å². The summed E-state index contributed by atoms with van der Waals surface area (Å²) in [7, 11) is 1.68. The molecule has 1 fully saturated rings. The second-order valence-electron chi connectivity index (χ2n) is 6.26. The van der Waals surface area contributed by atoms with E-state index in [9.17, 15) is 0 Å². The molecule has 0 radical (unpaired) electrons. The average Bonchev–Trinajstić information content (AvgIpc) is 3.13. The molecule has 1 N–H and O–H groups in total. The van der Waals surface area contributed by atoms with Gasteiger partial charge < -0.3 is 14.8 Å². The fourth-order valence-corrected chi connectivity index (χ4v) is 3.20. The smallest absolute Gasteiger partial charge is 0.161 e. The maximum Gasteiger partial charge on any atom is 0.161 e. The van der Waals surface area contributed by atoms with Gasteiger partial charge in [-0.05, 0) is 48.2 Å². The van der Waals surface area contributed by atoms with Crippen LogP contribution in [0.2, 0.25) is 5.02 Å². The Morgan fingerprint density at radius 3 is 2.42 bits per heavy atom. The highest BCUT2D eigenvalue weighted by molar-refractivity contribution is 6.30. The molecule has 4 heteroatoms. The third-order valence-corrected chi connectivity index (χ3v) is 4.74. The Balaban J connectivity index is 1.59. The molecule has 3 rings (SSSR count). The molecule has 0 atom stereocenters. The fourth-order valence-electron chi connectivity index (χ4n) is 3.08. The van der Waals surface area contributed by atoms with Gasteiger partial charge in [-0.25, -0.2) is 0 Å². The first-order chi connectivity index (χ1) is 11.7. The first-order valence-electron chi connectivity index (χ1n) is 8.52. The summed E-state index contributed by atoms with van der Waals surface area (Å²) in [6, 6.07) is 14.5. The van der Waals surface area contributed by atoms with Gasteiger partial charge in [-0.1, -0.05) is 42.6 Å². The molecule has 1 aliphatic carbocycles. The van der Waals surface area contributed by atoms with Crippen molar-refractivity contribution in [1.29, 1.82) is 0 Å². The van der Waals surface area contributed by atoms with Crippen LogP contribution in [0.1, 0.15) is 36.8 Å². The van der Waals surface area contributed by atoms with Gasteiger partial charge in [0.15, 0.2) is 11.5 Å². The minimum atomic E-state index is 0.493. The summed E-state index contributed by atoms with van der Waals surface area (Å²) in [4.78, 5) is 0. The highest BCUT2D eigenvalue weighted by atomic mass is 35.5. The lowest BCUT2D eigenvalue weighted by Crippen LogP contribution is -2.25. The molecule has 0 unspecified atom stereocenters. The number of nitrogens with one attached hydrogen (secondary N) is 1. The molecule has 1 aliphatic rings. The number of halogens is 1. The van der Waals surface area contributed by atoms with Crippen molar-refractivity contribution in [2.24, 2.45) is 0 Å². The molecular formula is C20H24ClNO2. The van der Waals surface area contributed by atoms with Crippen LogP contribution in [0.3, 0.4) is 0 Å². The zero-order chi connectivity index (χ0) is 16.8. The number of hydrogen-bond donors (Lipinski definition) is 1. The van der Waals surface area contributed by atoms with Gasteiger partial charge in [0.2, 0.25) is 0 Å². The predicted molar refractivity (Wildman–Crippen MR) is 97.9 cm³/mol. The van der Waals surface area contributed by atoms with E-state index in [1.165, 1.54) is 31.2 Å². The average molecular weight is 346 g/mol. The Bertz CT molecular complexity index is 651. The van der Waals surface area contributed by atoms with Gasteiger partial charge in [0, 0.05) is 17.6 Å². The molecule has 0 heterocycles. The van der Waals surface area contributed by atoms with Gasteiger partial charge >= 0.3 is 0 Å². The van der Waals surface area contributed by atoms with Crippen LogP contribution in [0.4, 0.5) is 0 Å². The van der Waals surface area contributed by atoms with Crippen LogP contribution in [0, 0.1) is 0 Å². The summed E-state index contributed by atoms with van der Waals surface area (Å²) in [5, 5.41) is 4.35. The Morgan fingerprint density at radius 2 is 1.71 bits per heavy atom. The number of hydrogen-bond acceptors (Lipinski definition) is 3. The molecule has 0 amide bonds. The monoisotopic (exact) mass is 345 g/mol. The Morgan fingerprint density at radius 1 is 1.00 bits per heavy atom. The van der Waals surface area contributed by atoms with Crippen LogP contribution in [-0.4, -0.2) is 13.2 Å². The second kappa shape index (κ2) is 8.41. The van der Waals surface area contributed by atoms with Crippen molar-refractivity contribution < 1.29 is 9.47 Å². The number of rotatable bonds is 7. The number of ether oxygens (including phenoxy) is 2. The molecular weight excluding hydrogens is 322 g/mol. The lowest BCUT2D eigenvalue weighted by atomic mass is 10.1. The first-order valence-corrected chi connectivity index (χ1v) is 8.90. The second-order valence-corrected chi connectivity index (χ2v) is 6.70. The number of benzene rings is 2. The molecule has 2 aromatic rings. The van der Waals surface area contributed by atoms with Gasteiger partial charge in [0.1, 0.15) is 6.61 Å². The van der Waals surface area contributed by atoms with E-state index in [0.717, 1.165) is 28.6 Å². The topological polar surface area (TPSA) is 30.5 Å². The van der Waals surface area contributed by atoms with Crippen LogP contribution in [0.5, 0.6) is 11.5 Å². The summed E-state index contributed by atoms with van der Waals surface area (Å²) >= 11 is 5.90. The minimum Gasteiger partial charge on any atom is -0.493 e. The molecule has 0 aliphatic heterocycles.